The average Bonchev–Trinajstić information content (AvgIpc) is 2.99. The van der Waals surface area contributed by atoms with Gasteiger partial charge in [-0.15, -0.1) is 0 Å². The Morgan fingerprint density at radius 1 is 1.31 bits per heavy atom. The predicted molar refractivity (Wildman–Crippen MR) is 108 cm³/mol. The van der Waals surface area contributed by atoms with Gasteiger partial charge in [0, 0.05) is 24.8 Å². The number of nitrogens with zero attached hydrogens (tertiary/aromatic N) is 3. The Morgan fingerprint density at radius 3 is 2.54 bits per heavy atom. The Hall–Kier alpha value is -1.76. The highest BCUT2D eigenvalue weighted by atomic mass is 32.2. The van der Waals surface area contributed by atoms with Crippen LogP contribution in [0.4, 0.5) is 0 Å². The fourth-order valence-electron chi connectivity index (χ4n) is 2.98. The topological polar surface area (TPSA) is 71.0 Å². The number of hydrogen-bond acceptors (Lipinski definition) is 4. The second-order valence-electron chi connectivity index (χ2n) is 6.71. The van der Waals surface area contributed by atoms with Crippen molar-refractivity contribution in [2.24, 2.45) is 0 Å². The van der Waals surface area contributed by atoms with E-state index in [0.29, 0.717) is 21.9 Å². The number of carbonyl (C=O) groups excluding carboxylic acids is 1. The van der Waals surface area contributed by atoms with Gasteiger partial charge in [-0.1, -0.05) is 32.5 Å². The summed E-state index contributed by atoms with van der Waals surface area (Å²) in [5.74, 6) is 0.409. The van der Waals surface area contributed by atoms with E-state index in [9.17, 15) is 9.59 Å². The van der Waals surface area contributed by atoms with E-state index in [0.717, 1.165) is 38.0 Å². The molecule has 2 heterocycles. The number of H-pyrrole nitrogens is 1. The van der Waals surface area contributed by atoms with Crippen LogP contribution in [0.3, 0.4) is 0 Å². The molecule has 6 nitrogen and oxygen atoms in total. The molecular weight excluding hydrogens is 348 g/mol. The number of aryl methyl sites for hydroxylation is 1. The number of amides is 1. The first-order chi connectivity index (χ1) is 12.4. The van der Waals surface area contributed by atoms with Crippen LogP contribution >= 0.6 is 11.8 Å². The molecule has 1 amide bonds. The molecule has 1 atom stereocenters. The molecule has 0 aliphatic heterocycles. The molecule has 0 bridgehead atoms. The van der Waals surface area contributed by atoms with Crippen molar-refractivity contribution < 1.29 is 4.79 Å². The first-order valence-electron chi connectivity index (χ1n) is 9.45. The lowest BCUT2D eigenvalue weighted by Crippen LogP contribution is -2.34. The third-order valence-electron chi connectivity index (χ3n) is 4.48. The SMILES string of the molecule is CCCN(CCC)C(=O)CSc1nc2cc(C)[nH]c2c(=O)n1[C@@H](C)CC. The van der Waals surface area contributed by atoms with Crippen LogP contribution in [-0.4, -0.2) is 44.2 Å². The van der Waals surface area contributed by atoms with E-state index in [4.69, 9.17) is 0 Å². The van der Waals surface area contributed by atoms with Gasteiger partial charge in [-0.3, -0.25) is 14.2 Å². The number of aromatic amines is 1. The smallest absolute Gasteiger partial charge is 0.278 e. The molecule has 0 saturated heterocycles. The van der Waals surface area contributed by atoms with Gasteiger partial charge in [0.1, 0.15) is 5.52 Å². The van der Waals surface area contributed by atoms with Crippen molar-refractivity contribution >= 4 is 28.7 Å². The minimum Gasteiger partial charge on any atom is -0.353 e. The Balaban J connectivity index is 2.32. The third kappa shape index (κ3) is 4.50. The summed E-state index contributed by atoms with van der Waals surface area (Å²) in [5, 5.41) is 0.622. The Bertz CT molecular complexity index is 806. The van der Waals surface area contributed by atoms with E-state index in [1.165, 1.54) is 11.8 Å². The van der Waals surface area contributed by atoms with Crippen molar-refractivity contribution in [3.8, 4) is 0 Å². The lowest BCUT2D eigenvalue weighted by molar-refractivity contribution is -0.128. The van der Waals surface area contributed by atoms with Crippen molar-refractivity contribution in [1.29, 1.82) is 0 Å². The maximum atomic E-state index is 12.9. The fourth-order valence-corrected chi connectivity index (χ4v) is 3.98. The molecule has 2 aromatic rings. The average molecular weight is 379 g/mol. The number of carbonyl (C=O) groups is 1. The van der Waals surface area contributed by atoms with E-state index in [1.54, 1.807) is 4.57 Å². The monoisotopic (exact) mass is 378 g/mol. The molecule has 2 aromatic heterocycles. The van der Waals surface area contributed by atoms with Crippen LogP contribution < -0.4 is 5.56 Å². The summed E-state index contributed by atoms with van der Waals surface area (Å²) in [6.45, 7) is 11.7. The number of thioether (sulfide) groups is 1. The molecule has 0 aliphatic carbocycles. The van der Waals surface area contributed by atoms with Crippen LogP contribution in [0.15, 0.2) is 16.0 Å². The van der Waals surface area contributed by atoms with Crippen LogP contribution in [0.5, 0.6) is 0 Å². The number of fused-ring (bicyclic) bond motifs is 1. The minimum atomic E-state index is -0.0635. The van der Waals surface area contributed by atoms with Gasteiger partial charge in [0.2, 0.25) is 5.91 Å². The molecule has 0 radical (unpaired) electrons. The molecule has 144 valence electrons. The molecule has 0 fully saturated rings. The summed E-state index contributed by atoms with van der Waals surface area (Å²) in [5.41, 5.74) is 2.06. The van der Waals surface area contributed by atoms with E-state index >= 15 is 0 Å². The van der Waals surface area contributed by atoms with Crippen LogP contribution in [0.1, 0.15) is 58.7 Å². The first-order valence-corrected chi connectivity index (χ1v) is 10.4. The van der Waals surface area contributed by atoms with Crippen LogP contribution in [0.2, 0.25) is 0 Å². The van der Waals surface area contributed by atoms with Gasteiger partial charge < -0.3 is 9.88 Å². The van der Waals surface area contributed by atoms with Crippen molar-refractivity contribution in [1.82, 2.24) is 19.4 Å². The van der Waals surface area contributed by atoms with E-state index in [-0.39, 0.29) is 17.5 Å². The van der Waals surface area contributed by atoms with Crippen LogP contribution in [-0.2, 0) is 4.79 Å². The zero-order chi connectivity index (χ0) is 19.3. The highest BCUT2D eigenvalue weighted by Gasteiger charge is 2.19. The zero-order valence-corrected chi connectivity index (χ0v) is 17.3. The van der Waals surface area contributed by atoms with Gasteiger partial charge in [-0.25, -0.2) is 4.98 Å². The quantitative estimate of drug-likeness (QED) is 0.533. The lowest BCUT2D eigenvalue weighted by Gasteiger charge is -2.22. The number of nitrogens with one attached hydrogen (secondary N) is 1. The molecular formula is C19H30N4O2S. The normalized spacial score (nSPS) is 12.5. The van der Waals surface area contributed by atoms with Gasteiger partial charge >= 0.3 is 0 Å². The zero-order valence-electron chi connectivity index (χ0n) is 16.5. The van der Waals surface area contributed by atoms with Gasteiger partial charge in [0.25, 0.3) is 5.56 Å². The minimum absolute atomic E-state index is 0.0306. The van der Waals surface area contributed by atoms with Crippen molar-refractivity contribution in [2.75, 3.05) is 18.8 Å². The fraction of sp³-hybridized carbons (Fsp3) is 0.632. The van der Waals surface area contributed by atoms with Gasteiger partial charge in [-0.05, 0) is 39.2 Å². The van der Waals surface area contributed by atoms with Crippen molar-refractivity contribution in [2.45, 2.75) is 65.1 Å². The van der Waals surface area contributed by atoms with Crippen LogP contribution in [0, 0.1) is 6.92 Å². The maximum Gasteiger partial charge on any atom is 0.278 e. The number of rotatable bonds is 9. The Labute approximate surface area is 159 Å². The molecule has 0 spiro atoms. The van der Waals surface area contributed by atoms with Crippen molar-refractivity contribution in [3.63, 3.8) is 0 Å². The van der Waals surface area contributed by atoms with Gasteiger partial charge in [0.15, 0.2) is 5.16 Å². The largest absolute Gasteiger partial charge is 0.353 e. The number of hydrogen-bond donors (Lipinski definition) is 1. The molecule has 0 saturated carbocycles. The molecule has 1 N–H and O–H groups in total. The molecule has 26 heavy (non-hydrogen) atoms. The highest BCUT2D eigenvalue weighted by Crippen LogP contribution is 2.23. The first kappa shape index (κ1) is 20.6. The highest BCUT2D eigenvalue weighted by molar-refractivity contribution is 7.99. The third-order valence-corrected chi connectivity index (χ3v) is 5.42. The maximum absolute atomic E-state index is 12.9. The summed E-state index contributed by atoms with van der Waals surface area (Å²) >= 11 is 1.36. The van der Waals surface area contributed by atoms with E-state index in [1.807, 2.05) is 31.7 Å². The molecule has 0 aromatic carbocycles. The summed E-state index contributed by atoms with van der Waals surface area (Å²) in [6, 6.07) is 1.91. The predicted octanol–water partition coefficient (Wildman–Crippen LogP) is 3.74. The Kier molecular flexibility index (Phi) is 7.32. The summed E-state index contributed by atoms with van der Waals surface area (Å²) in [4.78, 5) is 35.2. The van der Waals surface area contributed by atoms with E-state index < -0.39 is 0 Å². The Morgan fingerprint density at radius 2 is 1.96 bits per heavy atom. The van der Waals surface area contributed by atoms with Gasteiger partial charge in [0.05, 0.1) is 11.3 Å². The molecule has 2 rings (SSSR count). The second kappa shape index (κ2) is 9.26. The lowest BCUT2D eigenvalue weighted by atomic mass is 10.2. The van der Waals surface area contributed by atoms with Crippen molar-refractivity contribution in [3.05, 3.63) is 22.1 Å². The second-order valence-corrected chi connectivity index (χ2v) is 7.65. The standard InChI is InChI=1S/C19H30N4O2S/c1-6-9-22(10-7-2)16(24)12-26-19-21-15-11-13(4)20-17(15)18(25)23(19)14(5)8-3/h11,14,20H,6-10,12H2,1-5H3/t14-/m0/s1. The molecule has 0 unspecified atom stereocenters. The summed E-state index contributed by atoms with van der Waals surface area (Å²) in [7, 11) is 0. The summed E-state index contributed by atoms with van der Waals surface area (Å²) < 4.78 is 1.72. The molecule has 0 aliphatic rings. The molecule has 7 heteroatoms. The summed E-state index contributed by atoms with van der Waals surface area (Å²) in [6.07, 6.45) is 2.72. The van der Waals surface area contributed by atoms with Gasteiger partial charge in [-0.2, -0.15) is 0 Å². The van der Waals surface area contributed by atoms with Crippen LogP contribution in [0.25, 0.3) is 11.0 Å². The number of aromatic nitrogens is 3. The van der Waals surface area contributed by atoms with E-state index in [2.05, 4.69) is 23.8 Å².